The predicted molar refractivity (Wildman–Crippen MR) is 81.5 cm³/mol. The number of nitrogens with zero attached hydrogens (tertiary/aromatic N) is 3. The van der Waals surface area contributed by atoms with Gasteiger partial charge in [-0.05, 0) is 13.0 Å². The van der Waals surface area contributed by atoms with Gasteiger partial charge in [-0.15, -0.1) is 11.3 Å². The summed E-state index contributed by atoms with van der Waals surface area (Å²) in [4.78, 5) is 5.30. The van der Waals surface area contributed by atoms with Gasteiger partial charge in [0.2, 0.25) is 0 Å². The van der Waals surface area contributed by atoms with Crippen molar-refractivity contribution in [2.75, 3.05) is 5.73 Å². The zero-order valence-electron chi connectivity index (χ0n) is 9.78. The number of aryl methyl sites for hydroxylation is 1. The minimum Gasteiger partial charge on any atom is -0.375 e. The summed E-state index contributed by atoms with van der Waals surface area (Å²) in [5.41, 5.74) is 9.01. The fourth-order valence-corrected chi connectivity index (χ4v) is 3.91. The van der Waals surface area contributed by atoms with Crippen molar-refractivity contribution in [1.82, 2.24) is 13.7 Å². The number of aromatic nitrogens is 3. The van der Waals surface area contributed by atoms with E-state index < -0.39 is 0 Å². The molecule has 0 aliphatic heterocycles. The maximum atomic E-state index is 6.28. The van der Waals surface area contributed by atoms with Gasteiger partial charge in [0.05, 0.1) is 22.4 Å². The van der Waals surface area contributed by atoms with Crippen LogP contribution in [0.1, 0.15) is 16.1 Å². The average Bonchev–Trinajstić information content (AvgIpc) is 2.92. The smallest absolute Gasteiger partial charge is 0.180 e. The number of rotatable bonds is 2. The Hall–Kier alpha value is -0.950. The van der Waals surface area contributed by atoms with Crippen molar-refractivity contribution >= 4 is 62.4 Å². The van der Waals surface area contributed by atoms with E-state index in [0.29, 0.717) is 27.1 Å². The third-order valence-corrected chi connectivity index (χ3v) is 4.93. The minimum atomic E-state index is 0.526. The highest BCUT2D eigenvalue weighted by Gasteiger charge is 2.16. The Bertz CT molecular complexity index is 765. The molecule has 8 heteroatoms. The number of anilines is 1. The Kier molecular flexibility index (Phi) is 3.34. The summed E-state index contributed by atoms with van der Waals surface area (Å²) in [6.07, 6.45) is 0.638. The number of halogens is 2. The first-order chi connectivity index (χ1) is 9.06. The Balaban J connectivity index is 2.15. The molecule has 0 amide bonds. The van der Waals surface area contributed by atoms with Gasteiger partial charge in [0.25, 0.3) is 0 Å². The molecule has 0 radical (unpaired) electrons. The Morgan fingerprint density at radius 2 is 1.95 bits per heavy atom. The van der Waals surface area contributed by atoms with Gasteiger partial charge in [0.1, 0.15) is 11.0 Å². The number of benzene rings is 1. The SMILES string of the molecule is Cc1nc(N)sc1Cc1c(Cl)cc(Cl)c2nsnc12. The molecule has 19 heavy (non-hydrogen) atoms. The van der Waals surface area contributed by atoms with Crippen LogP contribution in [-0.2, 0) is 6.42 Å². The molecule has 4 nitrogen and oxygen atoms in total. The monoisotopic (exact) mass is 330 g/mol. The Morgan fingerprint density at radius 1 is 1.21 bits per heavy atom. The Labute approximate surface area is 127 Å². The van der Waals surface area contributed by atoms with E-state index in [2.05, 4.69) is 13.7 Å². The summed E-state index contributed by atoms with van der Waals surface area (Å²) < 4.78 is 8.48. The lowest BCUT2D eigenvalue weighted by Crippen LogP contribution is -1.92. The average molecular weight is 331 g/mol. The van der Waals surface area contributed by atoms with Crippen molar-refractivity contribution in [3.63, 3.8) is 0 Å². The third-order valence-electron chi connectivity index (χ3n) is 2.79. The lowest BCUT2D eigenvalue weighted by molar-refractivity contribution is 1.16. The van der Waals surface area contributed by atoms with Gasteiger partial charge in [-0.2, -0.15) is 8.75 Å². The second-order valence-electron chi connectivity index (χ2n) is 4.02. The fraction of sp³-hybridized carbons (Fsp3) is 0.182. The zero-order valence-corrected chi connectivity index (χ0v) is 12.9. The van der Waals surface area contributed by atoms with E-state index in [1.165, 1.54) is 11.3 Å². The summed E-state index contributed by atoms with van der Waals surface area (Å²) >= 11 is 15.0. The zero-order chi connectivity index (χ0) is 13.6. The van der Waals surface area contributed by atoms with E-state index in [-0.39, 0.29) is 0 Å². The van der Waals surface area contributed by atoms with E-state index in [9.17, 15) is 0 Å². The lowest BCUT2D eigenvalue weighted by Gasteiger charge is -2.05. The molecule has 3 aromatic rings. The van der Waals surface area contributed by atoms with Crippen LogP contribution >= 0.6 is 46.3 Å². The van der Waals surface area contributed by atoms with E-state index >= 15 is 0 Å². The number of fused-ring (bicyclic) bond motifs is 1. The standard InChI is InChI=1S/C11H8Cl2N4S2/c1-4-8(18-11(14)15-4)2-5-6(12)3-7(13)10-9(5)16-19-17-10/h3H,2H2,1H3,(H2,14,15). The van der Waals surface area contributed by atoms with Gasteiger partial charge in [-0.1, -0.05) is 23.2 Å². The minimum absolute atomic E-state index is 0.526. The molecule has 0 atom stereocenters. The van der Waals surface area contributed by atoms with E-state index in [1.54, 1.807) is 6.07 Å². The molecule has 98 valence electrons. The molecular weight excluding hydrogens is 323 g/mol. The molecule has 0 saturated carbocycles. The molecule has 2 N–H and O–H groups in total. The van der Waals surface area contributed by atoms with E-state index in [4.69, 9.17) is 28.9 Å². The van der Waals surface area contributed by atoms with Crippen LogP contribution in [0.5, 0.6) is 0 Å². The molecule has 0 unspecified atom stereocenters. The molecular formula is C11H8Cl2N4S2. The summed E-state index contributed by atoms with van der Waals surface area (Å²) in [7, 11) is 0. The first-order valence-corrected chi connectivity index (χ1v) is 7.67. The molecule has 1 aromatic carbocycles. The predicted octanol–water partition coefficient (Wildman–Crippen LogP) is 3.94. The molecule has 2 aromatic heterocycles. The molecule has 0 fully saturated rings. The molecule has 2 heterocycles. The topological polar surface area (TPSA) is 64.7 Å². The van der Waals surface area contributed by atoms with Crippen LogP contribution in [0, 0.1) is 6.92 Å². The van der Waals surface area contributed by atoms with Crippen molar-refractivity contribution in [2.24, 2.45) is 0 Å². The highest BCUT2D eigenvalue weighted by atomic mass is 35.5. The van der Waals surface area contributed by atoms with Crippen molar-refractivity contribution in [3.05, 3.63) is 32.2 Å². The van der Waals surface area contributed by atoms with Crippen molar-refractivity contribution in [2.45, 2.75) is 13.3 Å². The number of thiazole rings is 1. The van der Waals surface area contributed by atoms with Gasteiger partial charge < -0.3 is 5.73 Å². The maximum Gasteiger partial charge on any atom is 0.180 e. The van der Waals surface area contributed by atoms with Crippen LogP contribution in [0.15, 0.2) is 6.07 Å². The van der Waals surface area contributed by atoms with Gasteiger partial charge in [0, 0.05) is 21.9 Å². The van der Waals surface area contributed by atoms with Crippen LogP contribution in [0.4, 0.5) is 5.13 Å². The number of nitrogens with two attached hydrogens (primary N) is 1. The normalized spacial score (nSPS) is 11.3. The van der Waals surface area contributed by atoms with Crippen molar-refractivity contribution in [1.29, 1.82) is 0 Å². The third kappa shape index (κ3) is 2.29. The summed E-state index contributed by atoms with van der Waals surface area (Å²) in [5.74, 6) is 0. The highest BCUT2D eigenvalue weighted by molar-refractivity contribution is 7.15. The molecule has 0 aliphatic rings. The molecule has 0 aliphatic carbocycles. The van der Waals surface area contributed by atoms with Crippen LogP contribution < -0.4 is 5.73 Å². The second kappa shape index (κ2) is 4.86. The molecule has 3 rings (SSSR count). The fourth-order valence-electron chi connectivity index (χ4n) is 1.87. The Morgan fingerprint density at radius 3 is 2.63 bits per heavy atom. The maximum absolute atomic E-state index is 6.28. The second-order valence-corrected chi connectivity index (χ2v) is 6.48. The summed E-state index contributed by atoms with van der Waals surface area (Å²) in [6.45, 7) is 1.93. The van der Waals surface area contributed by atoms with Crippen LogP contribution in [-0.4, -0.2) is 13.7 Å². The van der Waals surface area contributed by atoms with Crippen LogP contribution in [0.3, 0.4) is 0 Å². The van der Waals surface area contributed by atoms with E-state index in [0.717, 1.165) is 33.4 Å². The van der Waals surface area contributed by atoms with Gasteiger partial charge >= 0.3 is 0 Å². The molecule has 0 bridgehead atoms. The number of hydrogen-bond donors (Lipinski definition) is 1. The van der Waals surface area contributed by atoms with Gasteiger partial charge in [0.15, 0.2) is 5.13 Å². The van der Waals surface area contributed by atoms with Crippen LogP contribution in [0.2, 0.25) is 10.0 Å². The largest absolute Gasteiger partial charge is 0.375 e. The van der Waals surface area contributed by atoms with Gasteiger partial charge in [-0.3, -0.25) is 0 Å². The molecule has 0 saturated heterocycles. The first kappa shape index (κ1) is 13.1. The molecule has 0 spiro atoms. The number of nitrogen functional groups attached to an aromatic ring is 1. The summed E-state index contributed by atoms with van der Waals surface area (Å²) in [6, 6.07) is 1.71. The lowest BCUT2D eigenvalue weighted by atomic mass is 10.1. The van der Waals surface area contributed by atoms with E-state index in [1.807, 2.05) is 6.92 Å². The quantitative estimate of drug-likeness (QED) is 0.772. The highest BCUT2D eigenvalue weighted by Crippen LogP contribution is 2.34. The van der Waals surface area contributed by atoms with Gasteiger partial charge in [-0.25, -0.2) is 4.98 Å². The number of hydrogen-bond acceptors (Lipinski definition) is 6. The summed E-state index contributed by atoms with van der Waals surface area (Å²) in [5, 5.41) is 1.68. The van der Waals surface area contributed by atoms with Crippen molar-refractivity contribution < 1.29 is 0 Å². The van der Waals surface area contributed by atoms with Crippen molar-refractivity contribution in [3.8, 4) is 0 Å². The van der Waals surface area contributed by atoms with Crippen LogP contribution in [0.25, 0.3) is 11.0 Å². The first-order valence-electron chi connectivity index (χ1n) is 5.37.